The molecule has 0 radical (unpaired) electrons. The van der Waals surface area contributed by atoms with Gasteiger partial charge in [-0.15, -0.1) is 13.2 Å². The van der Waals surface area contributed by atoms with Gasteiger partial charge in [-0.05, 0) is 36.4 Å². The Balaban J connectivity index is 2.01. The minimum atomic E-state index is -4.77. The Kier molecular flexibility index (Phi) is 4.81. The van der Waals surface area contributed by atoms with Crippen molar-refractivity contribution in [1.29, 1.82) is 0 Å². The van der Waals surface area contributed by atoms with Crippen molar-refractivity contribution in [2.45, 2.75) is 6.36 Å². The van der Waals surface area contributed by atoms with Crippen LogP contribution in [0.2, 0.25) is 0 Å². The van der Waals surface area contributed by atoms with Gasteiger partial charge in [0.25, 0.3) is 0 Å². The number of pyridine rings is 1. The van der Waals surface area contributed by atoms with E-state index in [9.17, 15) is 13.2 Å². The summed E-state index contributed by atoms with van der Waals surface area (Å²) in [5.74, 6) is 5.38. The molecule has 0 saturated heterocycles. The van der Waals surface area contributed by atoms with Gasteiger partial charge in [0, 0.05) is 23.5 Å². The maximum Gasteiger partial charge on any atom is 0.573 e. The standard InChI is InChI=1S/C18H12F3N5O/c19-18(20,21)27-13-6-4-12(5-7-13)15-14(16(22)26-17(23)25-15)8-3-11-2-1-9-24-10-11/h1-2,4-7,9-10H,(H4,22,23,25,26). The molecule has 0 amide bonds. The molecule has 3 rings (SSSR count). The first-order valence-corrected chi connectivity index (χ1v) is 7.53. The van der Waals surface area contributed by atoms with Gasteiger partial charge < -0.3 is 16.2 Å². The first-order valence-electron chi connectivity index (χ1n) is 7.53. The number of hydrogen-bond donors (Lipinski definition) is 2. The van der Waals surface area contributed by atoms with Crippen LogP contribution in [0.1, 0.15) is 11.1 Å². The third-order valence-electron chi connectivity index (χ3n) is 3.31. The van der Waals surface area contributed by atoms with Crippen molar-refractivity contribution in [3.05, 3.63) is 59.9 Å². The van der Waals surface area contributed by atoms with E-state index < -0.39 is 6.36 Å². The summed E-state index contributed by atoms with van der Waals surface area (Å²) in [5.41, 5.74) is 13.3. The van der Waals surface area contributed by atoms with Crippen molar-refractivity contribution >= 4 is 11.8 Å². The molecule has 27 heavy (non-hydrogen) atoms. The quantitative estimate of drug-likeness (QED) is 0.672. The number of nitrogens with zero attached hydrogens (tertiary/aromatic N) is 3. The Bertz CT molecular complexity index is 1010. The molecule has 9 heteroatoms. The Labute approximate surface area is 152 Å². The summed E-state index contributed by atoms with van der Waals surface area (Å²) in [6.45, 7) is 0. The maximum absolute atomic E-state index is 12.3. The van der Waals surface area contributed by atoms with Crippen LogP contribution in [-0.4, -0.2) is 21.3 Å². The molecule has 0 aliphatic carbocycles. The fraction of sp³-hybridized carbons (Fsp3) is 0.0556. The van der Waals surface area contributed by atoms with E-state index in [2.05, 4.69) is 31.5 Å². The Morgan fingerprint density at radius 2 is 1.70 bits per heavy atom. The third-order valence-corrected chi connectivity index (χ3v) is 3.31. The lowest BCUT2D eigenvalue weighted by Gasteiger charge is -2.10. The molecule has 0 atom stereocenters. The number of nitrogen functional groups attached to an aromatic ring is 2. The molecule has 0 aliphatic rings. The van der Waals surface area contributed by atoms with Gasteiger partial charge in [-0.25, -0.2) is 4.98 Å². The van der Waals surface area contributed by atoms with E-state index in [-0.39, 0.29) is 17.5 Å². The average molecular weight is 371 g/mol. The summed E-state index contributed by atoms with van der Waals surface area (Å²) in [5, 5.41) is 0. The molecule has 3 aromatic rings. The van der Waals surface area contributed by atoms with Crippen LogP contribution in [0.3, 0.4) is 0 Å². The highest BCUT2D eigenvalue weighted by atomic mass is 19.4. The van der Waals surface area contributed by atoms with Crippen LogP contribution in [0.25, 0.3) is 11.3 Å². The number of hydrogen-bond acceptors (Lipinski definition) is 6. The van der Waals surface area contributed by atoms with Gasteiger partial charge in [-0.3, -0.25) is 4.98 Å². The minimum absolute atomic E-state index is 0.0597. The lowest BCUT2D eigenvalue weighted by molar-refractivity contribution is -0.274. The predicted molar refractivity (Wildman–Crippen MR) is 93.2 cm³/mol. The van der Waals surface area contributed by atoms with Crippen molar-refractivity contribution in [2.24, 2.45) is 0 Å². The zero-order chi connectivity index (χ0) is 19.4. The van der Waals surface area contributed by atoms with Crippen LogP contribution in [0.15, 0.2) is 48.8 Å². The van der Waals surface area contributed by atoms with E-state index in [4.69, 9.17) is 11.5 Å². The second-order valence-electron chi connectivity index (χ2n) is 5.25. The van der Waals surface area contributed by atoms with Gasteiger partial charge in [0.1, 0.15) is 11.6 Å². The summed E-state index contributed by atoms with van der Waals surface area (Å²) in [6.07, 6.45) is -1.59. The van der Waals surface area contributed by atoms with E-state index in [0.29, 0.717) is 22.4 Å². The fourth-order valence-corrected chi connectivity index (χ4v) is 2.21. The molecule has 4 N–H and O–H groups in total. The summed E-state index contributed by atoms with van der Waals surface area (Å²) in [7, 11) is 0. The molecule has 1 aromatic carbocycles. The lowest BCUT2D eigenvalue weighted by atomic mass is 10.1. The molecule has 0 unspecified atom stereocenters. The van der Waals surface area contributed by atoms with Crippen LogP contribution in [0.4, 0.5) is 24.9 Å². The number of anilines is 2. The van der Waals surface area contributed by atoms with E-state index in [1.807, 2.05) is 0 Å². The van der Waals surface area contributed by atoms with Crippen molar-refractivity contribution in [3.63, 3.8) is 0 Å². The SMILES string of the molecule is Nc1nc(N)c(C#Cc2cccnc2)c(-c2ccc(OC(F)(F)F)cc2)n1. The van der Waals surface area contributed by atoms with Crippen molar-refractivity contribution in [3.8, 4) is 28.8 Å². The van der Waals surface area contributed by atoms with Gasteiger partial charge in [0.2, 0.25) is 5.95 Å². The molecule has 6 nitrogen and oxygen atoms in total. The highest BCUT2D eigenvalue weighted by Crippen LogP contribution is 2.29. The molecule has 0 saturated carbocycles. The molecule has 136 valence electrons. The first-order chi connectivity index (χ1) is 12.8. The van der Waals surface area contributed by atoms with Crippen LogP contribution in [0.5, 0.6) is 5.75 Å². The zero-order valence-electron chi connectivity index (χ0n) is 13.7. The van der Waals surface area contributed by atoms with Crippen LogP contribution < -0.4 is 16.2 Å². The van der Waals surface area contributed by atoms with Crippen LogP contribution in [0, 0.1) is 11.8 Å². The van der Waals surface area contributed by atoms with Crippen molar-refractivity contribution < 1.29 is 17.9 Å². The van der Waals surface area contributed by atoms with Crippen molar-refractivity contribution in [1.82, 2.24) is 15.0 Å². The van der Waals surface area contributed by atoms with E-state index in [0.717, 1.165) is 12.1 Å². The number of nitrogens with two attached hydrogens (primary N) is 2. The van der Waals surface area contributed by atoms with Gasteiger partial charge in [-0.2, -0.15) is 4.98 Å². The Morgan fingerprint density at radius 3 is 2.33 bits per heavy atom. The zero-order valence-corrected chi connectivity index (χ0v) is 13.7. The largest absolute Gasteiger partial charge is 0.573 e. The smallest absolute Gasteiger partial charge is 0.406 e. The van der Waals surface area contributed by atoms with E-state index in [1.54, 1.807) is 24.5 Å². The number of ether oxygens (including phenoxy) is 1. The molecular formula is C18H12F3N5O. The molecule has 0 spiro atoms. The number of rotatable bonds is 2. The summed E-state index contributed by atoms with van der Waals surface area (Å²) >= 11 is 0. The second-order valence-corrected chi connectivity index (χ2v) is 5.25. The number of aromatic nitrogens is 3. The number of benzene rings is 1. The Morgan fingerprint density at radius 1 is 0.963 bits per heavy atom. The van der Waals surface area contributed by atoms with E-state index >= 15 is 0 Å². The van der Waals surface area contributed by atoms with Crippen LogP contribution in [-0.2, 0) is 0 Å². The topological polar surface area (TPSA) is 99.9 Å². The van der Waals surface area contributed by atoms with Gasteiger partial charge in [-0.1, -0.05) is 11.8 Å². The third kappa shape index (κ3) is 4.64. The second kappa shape index (κ2) is 7.21. The maximum atomic E-state index is 12.3. The molecule has 2 heterocycles. The van der Waals surface area contributed by atoms with Gasteiger partial charge >= 0.3 is 6.36 Å². The molecular weight excluding hydrogens is 359 g/mol. The number of alkyl halides is 3. The first kappa shape index (κ1) is 18.0. The Hall–Kier alpha value is -3.80. The predicted octanol–water partition coefficient (Wildman–Crippen LogP) is 3.00. The summed E-state index contributed by atoms with van der Waals surface area (Å²) in [6, 6.07) is 8.62. The fourth-order valence-electron chi connectivity index (χ4n) is 2.21. The highest BCUT2D eigenvalue weighted by molar-refractivity contribution is 5.74. The van der Waals surface area contributed by atoms with E-state index in [1.165, 1.54) is 12.1 Å². The normalized spacial score (nSPS) is 10.8. The molecule has 0 fully saturated rings. The molecule has 0 aliphatic heterocycles. The molecule has 0 bridgehead atoms. The lowest BCUT2D eigenvalue weighted by Crippen LogP contribution is -2.16. The van der Waals surface area contributed by atoms with Crippen LogP contribution >= 0.6 is 0 Å². The summed E-state index contributed by atoms with van der Waals surface area (Å²) in [4.78, 5) is 12.0. The van der Waals surface area contributed by atoms with Gasteiger partial charge in [0.05, 0.1) is 11.3 Å². The van der Waals surface area contributed by atoms with Gasteiger partial charge in [0.15, 0.2) is 0 Å². The monoisotopic (exact) mass is 371 g/mol. The minimum Gasteiger partial charge on any atom is -0.406 e. The number of halogens is 3. The highest BCUT2D eigenvalue weighted by Gasteiger charge is 2.31. The average Bonchev–Trinajstić information content (AvgIpc) is 2.60. The molecule has 2 aromatic heterocycles. The van der Waals surface area contributed by atoms with Crippen molar-refractivity contribution in [2.75, 3.05) is 11.5 Å². The summed E-state index contributed by atoms with van der Waals surface area (Å²) < 4.78 is 40.7.